The molecule has 2 aliphatic rings. The van der Waals surface area contributed by atoms with Crippen LogP contribution in [0.5, 0.6) is 0 Å². The van der Waals surface area contributed by atoms with Crippen LogP contribution in [0.15, 0.2) is 54.6 Å². The van der Waals surface area contributed by atoms with Gasteiger partial charge in [-0.15, -0.1) is 5.06 Å². The van der Waals surface area contributed by atoms with Crippen molar-refractivity contribution in [3.63, 3.8) is 0 Å². The van der Waals surface area contributed by atoms with Crippen molar-refractivity contribution in [2.24, 2.45) is 0 Å². The maximum absolute atomic E-state index is 12.9. The van der Waals surface area contributed by atoms with Crippen LogP contribution < -0.4 is 4.90 Å². The molecule has 2 aromatic rings. The summed E-state index contributed by atoms with van der Waals surface area (Å²) in [6, 6.07) is 16.2. The molecular formula is C19H16N2O4. The van der Waals surface area contributed by atoms with Crippen LogP contribution in [0.4, 0.5) is 5.69 Å². The maximum Gasteiger partial charge on any atom is 0.357 e. The van der Waals surface area contributed by atoms with Crippen molar-refractivity contribution < 1.29 is 19.2 Å². The molecule has 1 fully saturated rings. The quantitative estimate of drug-likeness (QED) is 0.793. The fourth-order valence-electron chi connectivity index (χ4n) is 3.52. The molecule has 0 unspecified atom stereocenters. The van der Waals surface area contributed by atoms with Crippen molar-refractivity contribution in [1.29, 1.82) is 0 Å². The van der Waals surface area contributed by atoms with E-state index in [-0.39, 0.29) is 25.5 Å². The number of para-hydroxylation sites is 1. The first-order chi connectivity index (χ1) is 12.2. The summed E-state index contributed by atoms with van der Waals surface area (Å²) in [6.45, 7) is 0.606. The summed E-state index contributed by atoms with van der Waals surface area (Å²) in [7, 11) is 0. The van der Waals surface area contributed by atoms with Crippen LogP contribution in [-0.4, -0.2) is 42.9 Å². The number of fused-ring (bicyclic) bond motifs is 2. The second-order valence-corrected chi connectivity index (χ2v) is 6.22. The van der Waals surface area contributed by atoms with Crippen LogP contribution in [0.3, 0.4) is 0 Å². The van der Waals surface area contributed by atoms with Crippen molar-refractivity contribution >= 4 is 23.9 Å². The molecule has 126 valence electrons. The number of benzene rings is 2. The predicted octanol–water partition coefficient (Wildman–Crippen LogP) is 1.56. The summed E-state index contributed by atoms with van der Waals surface area (Å²) in [6.07, 6.45) is 0.722. The minimum Gasteiger partial charge on any atom is -0.364 e. The van der Waals surface area contributed by atoms with Crippen molar-refractivity contribution in [2.45, 2.75) is 5.41 Å². The molecule has 1 amide bonds. The number of hydrogen-bond donors (Lipinski definition) is 0. The molecular weight excluding hydrogens is 320 g/mol. The highest BCUT2D eigenvalue weighted by Crippen LogP contribution is 2.47. The van der Waals surface area contributed by atoms with Gasteiger partial charge in [0.2, 0.25) is 5.91 Å². The number of nitrogens with zero attached hydrogens (tertiary/aromatic N) is 2. The topological polar surface area (TPSA) is 66.9 Å². The molecule has 1 saturated heterocycles. The molecule has 25 heavy (non-hydrogen) atoms. The zero-order chi connectivity index (χ0) is 17.4. The summed E-state index contributed by atoms with van der Waals surface area (Å²) in [4.78, 5) is 42.8. The van der Waals surface area contributed by atoms with Crippen LogP contribution >= 0.6 is 0 Å². The van der Waals surface area contributed by atoms with Gasteiger partial charge in [-0.1, -0.05) is 36.4 Å². The molecule has 0 atom stereocenters. The van der Waals surface area contributed by atoms with E-state index in [1.807, 2.05) is 30.3 Å². The Labute approximate surface area is 144 Å². The molecule has 0 saturated carbocycles. The monoisotopic (exact) mass is 336 g/mol. The Morgan fingerprint density at radius 2 is 1.76 bits per heavy atom. The molecule has 2 heterocycles. The van der Waals surface area contributed by atoms with E-state index < -0.39 is 11.4 Å². The molecule has 4 rings (SSSR count). The third-order valence-electron chi connectivity index (χ3n) is 4.74. The zero-order valence-corrected chi connectivity index (χ0v) is 13.4. The summed E-state index contributed by atoms with van der Waals surface area (Å²) < 4.78 is 0. The average molecular weight is 336 g/mol. The van der Waals surface area contributed by atoms with Gasteiger partial charge in [0.1, 0.15) is 11.7 Å². The van der Waals surface area contributed by atoms with Crippen molar-refractivity contribution in [3.05, 3.63) is 65.7 Å². The summed E-state index contributed by atoms with van der Waals surface area (Å²) in [5.74, 6) is -0.563. The van der Waals surface area contributed by atoms with E-state index in [0.29, 0.717) is 5.56 Å². The molecule has 1 spiro atoms. The Bertz CT molecular complexity index is 844. The third kappa shape index (κ3) is 2.34. The minimum atomic E-state index is -0.740. The first-order valence-electron chi connectivity index (χ1n) is 8.03. The number of rotatable bonds is 4. The number of carbonyl (C=O) groups excluding carboxylic acids is 3. The van der Waals surface area contributed by atoms with Crippen LogP contribution in [0.2, 0.25) is 0 Å². The molecule has 0 N–H and O–H groups in total. The van der Waals surface area contributed by atoms with E-state index in [0.717, 1.165) is 17.5 Å². The van der Waals surface area contributed by atoms with Gasteiger partial charge < -0.3 is 14.5 Å². The van der Waals surface area contributed by atoms with Crippen LogP contribution in [0, 0.1) is 0 Å². The number of carbonyl (C=O) groups is 3. The Balaban J connectivity index is 1.53. The van der Waals surface area contributed by atoms with Crippen LogP contribution in [0.1, 0.15) is 15.9 Å². The van der Waals surface area contributed by atoms with Crippen molar-refractivity contribution in [1.82, 2.24) is 5.06 Å². The van der Waals surface area contributed by atoms with Crippen molar-refractivity contribution in [3.8, 4) is 0 Å². The van der Waals surface area contributed by atoms with Gasteiger partial charge in [-0.05, 0) is 23.8 Å². The van der Waals surface area contributed by atoms with E-state index in [1.54, 1.807) is 24.3 Å². The largest absolute Gasteiger partial charge is 0.364 e. The number of hydrogen-bond acceptors (Lipinski definition) is 5. The number of hydroxylamine groups is 2. The van der Waals surface area contributed by atoms with E-state index in [2.05, 4.69) is 0 Å². The maximum atomic E-state index is 12.9. The SMILES string of the molecule is O=CCN1C(=O)C2(CN(OC(=O)c3ccccc3)C2)c2ccccc21. The third-order valence-corrected chi connectivity index (χ3v) is 4.74. The second-order valence-electron chi connectivity index (χ2n) is 6.22. The van der Waals surface area contributed by atoms with Gasteiger partial charge >= 0.3 is 5.97 Å². The van der Waals surface area contributed by atoms with Gasteiger partial charge in [0.15, 0.2) is 0 Å². The first kappa shape index (κ1) is 15.5. The summed E-state index contributed by atoms with van der Waals surface area (Å²) in [5.41, 5.74) is 1.36. The molecule has 2 aromatic carbocycles. The second kappa shape index (κ2) is 5.82. The molecule has 6 nitrogen and oxygen atoms in total. The molecule has 2 aliphatic heterocycles. The van der Waals surface area contributed by atoms with E-state index in [9.17, 15) is 14.4 Å². The lowest BCUT2D eigenvalue weighted by Crippen LogP contribution is -2.64. The van der Waals surface area contributed by atoms with Gasteiger partial charge in [0, 0.05) is 5.69 Å². The Hall–Kier alpha value is -2.99. The summed E-state index contributed by atoms with van der Waals surface area (Å²) >= 11 is 0. The lowest BCUT2D eigenvalue weighted by molar-refractivity contribution is -0.187. The highest BCUT2D eigenvalue weighted by Gasteiger charge is 2.59. The highest BCUT2D eigenvalue weighted by molar-refractivity contribution is 6.10. The van der Waals surface area contributed by atoms with E-state index >= 15 is 0 Å². The predicted molar refractivity (Wildman–Crippen MR) is 90.0 cm³/mol. The molecule has 0 bridgehead atoms. The number of anilines is 1. The zero-order valence-electron chi connectivity index (χ0n) is 13.4. The Morgan fingerprint density at radius 3 is 2.48 bits per heavy atom. The fourth-order valence-corrected chi connectivity index (χ4v) is 3.52. The normalized spacial score (nSPS) is 17.9. The van der Waals surface area contributed by atoms with Crippen LogP contribution in [0.25, 0.3) is 0 Å². The fraction of sp³-hybridized carbons (Fsp3) is 0.211. The van der Waals surface area contributed by atoms with Crippen LogP contribution in [-0.2, 0) is 19.8 Å². The van der Waals surface area contributed by atoms with Gasteiger partial charge in [-0.2, -0.15) is 0 Å². The lowest BCUT2D eigenvalue weighted by Gasteiger charge is -2.44. The smallest absolute Gasteiger partial charge is 0.357 e. The highest BCUT2D eigenvalue weighted by atomic mass is 16.7. The van der Waals surface area contributed by atoms with Gasteiger partial charge in [-0.3, -0.25) is 4.79 Å². The minimum absolute atomic E-state index is 0.0292. The van der Waals surface area contributed by atoms with Gasteiger partial charge in [-0.25, -0.2) is 4.79 Å². The summed E-state index contributed by atoms with van der Waals surface area (Å²) in [5, 5.41) is 1.49. The first-order valence-corrected chi connectivity index (χ1v) is 8.03. The molecule has 0 radical (unpaired) electrons. The molecule has 0 aromatic heterocycles. The number of amides is 1. The van der Waals surface area contributed by atoms with Gasteiger partial charge in [0.25, 0.3) is 0 Å². The average Bonchev–Trinajstić information content (AvgIpc) is 2.86. The van der Waals surface area contributed by atoms with Crippen molar-refractivity contribution in [2.75, 3.05) is 24.5 Å². The van der Waals surface area contributed by atoms with E-state index in [4.69, 9.17) is 4.84 Å². The number of aldehydes is 1. The standard InChI is InChI=1S/C19H16N2O4/c22-11-10-21-16-9-5-4-8-15(16)19(18(21)24)12-20(13-19)25-17(23)14-6-2-1-3-7-14/h1-9,11H,10,12-13H2. The molecule has 6 heteroatoms. The Morgan fingerprint density at radius 1 is 1.08 bits per heavy atom. The Kier molecular flexibility index (Phi) is 3.62. The van der Waals surface area contributed by atoms with E-state index in [1.165, 1.54) is 9.96 Å². The van der Waals surface area contributed by atoms with Gasteiger partial charge in [0.05, 0.1) is 25.2 Å². The lowest BCUT2D eigenvalue weighted by atomic mass is 9.76. The molecule has 0 aliphatic carbocycles.